The van der Waals surface area contributed by atoms with E-state index < -0.39 is 0 Å². The van der Waals surface area contributed by atoms with E-state index in [0.29, 0.717) is 18.9 Å². The fraction of sp³-hybridized carbons (Fsp3) is 0.500. The smallest absolute Gasteiger partial charge is 0.289 e. The first-order chi connectivity index (χ1) is 7.15. The molecule has 1 amide bonds. The van der Waals surface area contributed by atoms with E-state index in [1.54, 1.807) is 26.3 Å². The number of likely N-dealkylation sites (N-methyl/N-ethyl adjacent to an activating group) is 1. The van der Waals surface area contributed by atoms with Crippen LogP contribution in [-0.4, -0.2) is 44.2 Å². The lowest BCUT2D eigenvalue weighted by molar-refractivity contribution is 0.0733. The lowest BCUT2D eigenvalue weighted by atomic mass is 10.3. The molecule has 1 atom stereocenters. The van der Waals surface area contributed by atoms with Crippen molar-refractivity contribution in [3.05, 3.63) is 24.2 Å². The van der Waals surface area contributed by atoms with Crippen LogP contribution in [0.4, 0.5) is 0 Å². The number of hydrogen-bond acceptors (Lipinski definition) is 4. The van der Waals surface area contributed by atoms with Crippen LogP contribution in [0.3, 0.4) is 0 Å². The Balaban J connectivity index is 2.47. The molecule has 1 aromatic heterocycles. The third-order valence-corrected chi connectivity index (χ3v) is 1.97. The molecule has 1 heterocycles. The number of nitrogens with two attached hydrogens (primary N) is 1. The highest BCUT2D eigenvalue weighted by molar-refractivity contribution is 5.91. The van der Waals surface area contributed by atoms with Gasteiger partial charge in [-0.25, -0.2) is 0 Å². The molecule has 5 nitrogen and oxygen atoms in total. The van der Waals surface area contributed by atoms with Crippen LogP contribution in [0.2, 0.25) is 0 Å². The van der Waals surface area contributed by atoms with Crippen molar-refractivity contribution < 1.29 is 13.9 Å². The topological polar surface area (TPSA) is 68.7 Å². The van der Waals surface area contributed by atoms with E-state index in [2.05, 4.69) is 0 Å². The number of methoxy groups -OCH3 is 1. The van der Waals surface area contributed by atoms with Gasteiger partial charge in [0.15, 0.2) is 5.76 Å². The number of nitrogens with zero attached hydrogens (tertiary/aromatic N) is 1. The number of hydrogen-bond donors (Lipinski definition) is 1. The quantitative estimate of drug-likeness (QED) is 0.763. The van der Waals surface area contributed by atoms with E-state index in [0.717, 1.165) is 0 Å². The summed E-state index contributed by atoms with van der Waals surface area (Å²) < 4.78 is 9.88. The third-order valence-electron chi connectivity index (χ3n) is 1.97. The summed E-state index contributed by atoms with van der Waals surface area (Å²) in [5, 5.41) is 0. The molecular formula is C10H16N2O3. The molecule has 5 heteroatoms. The molecule has 1 aromatic rings. The average Bonchev–Trinajstić information content (AvgIpc) is 2.69. The third kappa shape index (κ3) is 3.38. The molecule has 0 saturated heterocycles. The van der Waals surface area contributed by atoms with Crippen LogP contribution >= 0.6 is 0 Å². The van der Waals surface area contributed by atoms with Crippen molar-refractivity contribution in [1.29, 1.82) is 0 Å². The molecule has 0 aliphatic heterocycles. The predicted molar refractivity (Wildman–Crippen MR) is 55.5 cm³/mol. The molecule has 0 saturated carbocycles. The average molecular weight is 212 g/mol. The Morgan fingerprint density at radius 1 is 1.73 bits per heavy atom. The van der Waals surface area contributed by atoms with E-state index in [9.17, 15) is 4.79 Å². The molecule has 0 aliphatic rings. The zero-order valence-electron chi connectivity index (χ0n) is 8.97. The van der Waals surface area contributed by atoms with Gasteiger partial charge in [-0.1, -0.05) is 0 Å². The molecule has 0 bridgehead atoms. The SMILES string of the molecule is COCC(N)CN(C)C(=O)c1ccco1. The Morgan fingerprint density at radius 3 is 3.00 bits per heavy atom. The standard InChI is InChI=1S/C10H16N2O3/c1-12(6-8(11)7-14-2)10(13)9-4-3-5-15-9/h3-5,8H,6-7,11H2,1-2H3. The first kappa shape index (κ1) is 11.7. The largest absolute Gasteiger partial charge is 0.459 e. The second-order valence-corrected chi connectivity index (χ2v) is 3.38. The van der Waals surface area contributed by atoms with Gasteiger partial charge in [-0.2, -0.15) is 0 Å². The maximum absolute atomic E-state index is 11.7. The van der Waals surface area contributed by atoms with Crippen LogP contribution in [0.25, 0.3) is 0 Å². The van der Waals surface area contributed by atoms with Crippen LogP contribution in [0, 0.1) is 0 Å². The molecule has 0 aromatic carbocycles. The number of amides is 1. The Morgan fingerprint density at radius 2 is 2.47 bits per heavy atom. The minimum absolute atomic E-state index is 0.174. The van der Waals surface area contributed by atoms with Crippen molar-refractivity contribution in [1.82, 2.24) is 4.90 Å². The van der Waals surface area contributed by atoms with Crippen LogP contribution in [0.1, 0.15) is 10.6 Å². The number of carbonyl (C=O) groups excluding carboxylic acids is 1. The molecule has 84 valence electrons. The highest BCUT2D eigenvalue weighted by atomic mass is 16.5. The lowest BCUT2D eigenvalue weighted by Crippen LogP contribution is -2.41. The lowest BCUT2D eigenvalue weighted by Gasteiger charge is -2.19. The minimum Gasteiger partial charge on any atom is -0.459 e. The zero-order chi connectivity index (χ0) is 11.3. The van der Waals surface area contributed by atoms with Gasteiger partial charge in [0.05, 0.1) is 12.9 Å². The first-order valence-corrected chi connectivity index (χ1v) is 4.68. The number of rotatable bonds is 5. The second-order valence-electron chi connectivity index (χ2n) is 3.38. The Kier molecular flexibility index (Phi) is 4.33. The molecule has 1 unspecified atom stereocenters. The summed E-state index contributed by atoms with van der Waals surface area (Å²) in [5.41, 5.74) is 5.73. The van der Waals surface area contributed by atoms with Crippen molar-refractivity contribution in [3.8, 4) is 0 Å². The highest BCUT2D eigenvalue weighted by Crippen LogP contribution is 2.04. The van der Waals surface area contributed by atoms with Crippen molar-refractivity contribution in [2.45, 2.75) is 6.04 Å². The molecule has 0 fully saturated rings. The van der Waals surface area contributed by atoms with Gasteiger partial charge in [0, 0.05) is 26.7 Å². The normalized spacial score (nSPS) is 12.5. The summed E-state index contributed by atoms with van der Waals surface area (Å²) in [6.07, 6.45) is 1.47. The molecule has 2 N–H and O–H groups in total. The van der Waals surface area contributed by atoms with Gasteiger partial charge in [0.2, 0.25) is 0 Å². The summed E-state index contributed by atoms with van der Waals surface area (Å²) in [6, 6.07) is 3.12. The van der Waals surface area contributed by atoms with Gasteiger partial charge in [0.25, 0.3) is 5.91 Å². The predicted octanol–water partition coefficient (Wildman–Crippen LogP) is 0.325. The highest BCUT2D eigenvalue weighted by Gasteiger charge is 2.16. The van der Waals surface area contributed by atoms with Crippen molar-refractivity contribution >= 4 is 5.91 Å². The number of ether oxygens (including phenoxy) is 1. The molecule has 15 heavy (non-hydrogen) atoms. The van der Waals surface area contributed by atoms with Crippen LogP contribution < -0.4 is 5.73 Å². The summed E-state index contributed by atoms with van der Waals surface area (Å²) >= 11 is 0. The minimum atomic E-state index is -0.182. The Hall–Kier alpha value is -1.33. The fourth-order valence-corrected chi connectivity index (χ4v) is 1.29. The van der Waals surface area contributed by atoms with Crippen molar-refractivity contribution in [2.75, 3.05) is 27.3 Å². The molecule has 0 radical (unpaired) electrons. The zero-order valence-corrected chi connectivity index (χ0v) is 8.97. The second kappa shape index (κ2) is 5.53. The van der Waals surface area contributed by atoms with Crippen LogP contribution in [0.15, 0.2) is 22.8 Å². The van der Waals surface area contributed by atoms with E-state index in [1.165, 1.54) is 11.2 Å². The molecule has 0 spiro atoms. The van der Waals surface area contributed by atoms with Gasteiger partial charge < -0.3 is 19.8 Å². The van der Waals surface area contributed by atoms with E-state index in [4.69, 9.17) is 14.9 Å². The van der Waals surface area contributed by atoms with E-state index >= 15 is 0 Å². The molecule has 0 aliphatic carbocycles. The summed E-state index contributed by atoms with van der Waals surface area (Å²) in [5.74, 6) is 0.147. The molecular weight excluding hydrogens is 196 g/mol. The van der Waals surface area contributed by atoms with Gasteiger partial charge in [-0.3, -0.25) is 4.79 Å². The number of carbonyl (C=O) groups is 1. The maximum atomic E-state index is 11.7. The van der Waals surface area contributed by atoms with E-state index in [-0.39, 0.29) is 11.9 Å². The Labute approximate surface area is 88.8 Å². The summed E-state index contributed by atoms with van der Waals surface area (Å²) in [6.45, 7) is 0.864. The van der Waals surface area contributed by atoms with Crippen LogP contribution in [0.5, 0.6) is 0 Å². The van der Waals surface area contributed by atoms with Gasteiger partial charge >= 0.3 is 0 Å². The summed E-state index contributed by atoms with van der Waals surface area (Å²) in [7, 11) is 3.26. The van der Waals surface area contributed by atoms with Gasteiger partial charge in [-0.15, -0.1) is 0 Å². The van der Waals surface area contributed by atoms with Gasteiger partial charge in [0.1, 0.15) is 0 Å². The van der Waals surface area contributed by atoms with Crippen LogP contribution in [-0.2, 0) is 4.74 Å². The van der Waals surface area contributed by atoms with E-state index in [1.807, 2.05) is 0 Å². The monoisotopic (exact) mass is 212 g/mol. The van der Waals surface area contributed by atoms with Crippen molar-refractivity contribution in [3.63, 3.8) is 0 Å². The van der Waals surface area contributed by atoms with Crippen molar-refractivity contribution in [2.24, 2.45) is 5.73 Å². The maximum Gasteiger partial charge on any atom is 0.289 e. The van der Waals surface area contributed by atoms with Gasteiger partial charge in [-0.05, 0) is 12.1 Å². The number of furan rings is 1. The first-order valence-electron chi connectivity index (χ1n) is 4.68. The Bertz CT molecular complexity index is 298. The summed E-state index contributed by atoms with van der Waals surface area (Å²) in [4.78, 5) is 13.2. The molecule has 1 rings (SSSR count). The fourth-order valence-electron chi connectivity index (χ4n) is 1.29.